The minimum Gasteiger partial charge on any atom is -0.493 e. The van der Waals surface area contributed by atoms with Crippen molar-refractivity contribution in [3.63, 3.8) is 0 Å². The van der Waals surface area contributed by atoms with Crippen LogP contribution in [0.1, 0.15) is 34.3 Å². The van der Waals surface area contributed by atoms with Crippen LogP contribution in [0.3, 0.4) is 0 Å². The smallest absolute Gasteiger partial charge is 0.257 e. The number of methoxy groups -OCH3 is 1. The molecule has 3 aromatic rings. The van der Waals surface area contributed by atoms with Gasteiger partial charge in [-0.05, 0) is 36.1 Å². The van der Waals surface area contributed by atoms with Crippen LogP contribution < -0.4 is 9.47 Å². The number of amides is 1. The molecule has 1 amide bonds. The normalized spacial score (nSPS) is 15.1. The molecule has 1 unspecified atom stereocenters. The van der Waals surface area contributed by atoms with Gasteiger partial charge in [-0.1, -0.05) is 49.1 Å². The summed E-state index contributed by atoms with van der Waals surface area (Å²) in [7, 11) is 1.61. The Kier molecular flexibility index (Phi) is 7.99. The van der Waals surface area contributed by atoms with Crippen LogP contribution in [0.4, 0.5) is 0 Å². The first-order valence-corrected chi connectivity index (χ1v) is 11.5. The molecule has 0 aliphatic carbocycles. The molecule has 0 N–H and O–H groups in total. The molecule has 1 aromatic heterocycles. The summed E-state index contributed by atoms with van der Waals surface area (Å²) in [5.74, 6) is 1.20. The molecule has 1 aliphatic rings. The summed E-state index contributed by atoms with van der Waals surface area (Å²) < 4.78 is 18.8. The number of hydrogen-bond donors (Lipinski definition) is 0. The summed E-state index contributed by atoms with van der Waals surface area (Å²) in [4.78, 5) is 15.3. The van der Waals surface area contributed by atoms with Crippen LogP contribution in [0.2, 0.25) is 0 Å². The van der Waals surface area contributed by atoms with Crippen LogP contribution in [0.5, 0.6) is 11.5 Å². The molecular formula is C27H31N3O4. The van der Waals surface area contributed by atoms with Crippen LogP contribution in [0.25, 0.3) is 0 Å². The molecule has 1 saturated heterocycles. The Balaban J connectivity index is 1.51. The molecule has 34 heavy (non-hydrogen) atoms. The second-order valence-electron chi connectivity index (χ2n) is 8.32. The van der Waals surface area contributed by atoms with Crippen molar-refractivity contribution in [1.29, 1.82) is 0 Å². The number of aromatic nitrogens is 2. The maximum Gasteiger partial charge on any atom is 0.257 e. The highest BCUT2D eigenvalue weighted by Crippen LogP contribution is 2.29. The molecular weight excluding hydrogens is 430 g/mol. The van der Waals surface area contributed by atoms with Gasteiger partial charge in [-0.25, -0.2) is 0 Å². The summed E-state index contributed by atoms with van der Waals surface area (Å²) >= 11 is 0. The Bertz CT molecular complexity index is 1090. The Morgan fingerprint density at radius 1 is 1.24 bits per heavy atom. The highest BCUT2D eigenvalue weighted by atomic mass is 16.5. The lowest BCUT2D eigenvalue weighted by Gasteiger charge is -2.25. The number of carbonyl (C=O) groups is 1. The van der Waals surface area contributed by atoms with Gasteiger partial charge in [0.1, 0.15) is 6.61 Å². The molecule has 2 aromatic carbocycles. The van der Waals surface area contributed by atoms with Crippen LogP contribution >= 0.6 is 0 Å². The monoisotopic (exact) mass is 461 g/mol. The van der Waals surface area contributed by atoms with E-state index in [2.05, 4.69) is 11.7 Å². The number of rotatable bonds is 11. The fourth-order valence-electron chi connectivity index (χ4n) is 4.07. The van der Waals surface area contributed by atoms with Crippen LogP contribution in [0, 0.1) is 0 Å². The Morgan fingerprint density at radius 3 is 2.82 bits per heavy atom. The first-order chi connectivity index (χ1) is 16.7. The van der Waals surface area contributed by atoms with Gasteiger partial charge >= 0.3 is 0 Å². The minimum absolute atomic E-state index is 0.0420. The summed E-state index contributed by atoms with van der Waals surface area (Å²) in [6.07, 6.45) is 7.15. The third-order valence-corrected chi connectivity index (χ3v) is 5.76. The fraction of sp³-hybridized carbons (Fsp3) is 0.333. The Hall–Kier alpha value is -3.58. The minimum atomic E-state index is -0.0687. The summed E-state index contributed by atoms with van der Waals surface area (Å²) in [5.41, 5.74) is 2.64. The average molecular weight is 462 g/mol. The maximum absolute atomic E-state index is 13.5. The van der Waals surface area contributed by atoms with Gasteiger partial charge in [-0.15, -0.1) is 0 Å². The summed E-state index contributed by atoms with van der Waals surface area (Å²) in [6, 6.07) is 15.8. The van der Waals surface area contributed by atoms with Crippen LogP contribution in [-0.4, -0.2) is 53.6 Å². The van der Waals surface area contributed by atoms with Crippen molar-refractivity contribution in [2.75, 3.05) is 26.9 Å². The zero-order valence-corrected chi connectivity index (χ0v) is 19.6. The molecule has 7 nitrogen and oxygen atoms in total. The molecule has 7 heteroatoms. The molecule has 1 aliphatic heterocycles. The van der Waals surface area contributed by atoms with E-state index in [0.29, 0.717) is 43.3 Å². The van der Waals surface area contributed by atoms with Crippen LogP contribution in [0.15, 0.2) is 73.6 Å². The van der Waals surface area contributed by atoms with Crippen molar-refractivity contribution < 1.29 is 19.0 Å². The van der Waals surface area contributed by atoms with Crippen LogP contribution in [-0.2, 0) is 17.8 Å². The van der Waals surface area contributed by atoms with Gasteiger partial charge in [-0.3, -0.25) is 9.48 Å². The van der Waals surface area contributed by atoms with Gasteiger partial charge in [0.15, 0.2) is 11.5 Å². The van der Waals surface area contributed by atoms with E-state index in [-0.39, 0.29) is 12.0 Å². The fourth-order valence-corrected chi connectivity index (χ4v) is 4.07. The number of hydrogen-bond acceptors (Lipinski definition) is 5. The zero-order chi connectivity index (χ0) is 23.8. The first kappa shape index (κ1) is 23.6. The Labute approximate surface area is 200 Å². The molecule has 0 bridgehead atoms. The van der Waals surface area contributed by atoms with E-state index in [9.17, 15) is 4.79 Å². The summed E-state index contributed by atoms with van der Waals surface area (Å²) in [5, 5.41) is 4.41. The molecule has 1 fully saturated rings. The second kappa shape index (κ2) is 11.5. The van der Waals surface area contributed by atoms with E-state index in [1.807, 2.05) is 59.6 Å². The lowest BCUT2D eigenvalue weighted by atomic mass is 10.1. The number of benzene rings is 2. The number of nitrogens with zero attached hydrogens (tertiary/aromatic N) is 3. The van der Waals surface area contributed by atoms with Crippen molar-refractivity contribution in [1.82, 2.24) is 14.7 Å². The topological polar surface area (TPSA) is 65.8 Å². The standard InChI is InChI=1S/C27H31N3O4/c1-3-13-34-25-12-11-22(15-26(25)32-2)17-29(20-24-10-7-14-33-24)27(31)23-16-28-30(19-23)18-21-8-5-4-6-9-21/h3-6,8-9,11-12,15-16,19,24H,1,7,10,13-14,17-18,20H2,2H3. The van der Waals surface area contributed by atoms with Crippen molar-refractivity contribution in [2.45, 2.75) is 32.0 Å². The van der Waals surface area contributed by atoms with E-state index in [1.165, 1.54) is 0 Å². The lowest BCUT2D eigenvalue weighted by Crippen LogP contribution is -2.36. The lowest BCUT2D eigenvalue weighted by molar-refractivity contribution is 0.0507. The van der Waals surface area contributed by atoms with Crippen molar-refractivity contribution >= 4 is 5.91 Å². The first-order valence-electron chi connectivity index (χ1n) is 11.5. The highest BCUT2D eigenvalue weighted by Gasteiger charge is 2.25. The second-order valence-corrected chi connectivity index (χ2v) is 8.32. The van der Waals surface area contributed by atoms with Gasteiger partial charge in [0.05, 0.1) is 31.5 Å². The van der Waals surface area contributed by atoms with E-state index < -0.39 is 0 Å². The SMILES string of the molecule is C=CCOc1ccc(CN(CC2CCCO2)C(=O)c2cnn(Cc3ccccc3)c2)cc1OC. The Morgan fingerprint density at radius 2 is 2.09 bits per heavy atom. The molecule has 1 atom stereocenters. The predicted octanol–water partition coefficient (Wildman–Crippen LogP) is 4.33. The molecule has 0 saturated carbocycles. The van der Waals surface area contributed by atoms with Gasteiger partial charge in [0, 0.05) is 25.9 Å². The maximum atomic E-state index is 13.5. The quantitative estimate of drug-likeness (QED) is 0.398. The number of carbonyl (C=O) groups excluding carboxylic acids is 1. The molecule has 2 heterocycles. The summed E-state index contributed by atoms with van der Waals surface area (Å²) in [6.45, 7) is 6.39. The molecule has 178 valence electrons. The largest absolute Gasteiger partial charge is 0.493 e. The van der Waals surface area contributed by atoms with E-state index in [0.717, 1.165) is 30.6 Å². The average Bonchev–Trinajstić information content (AvgIpc) is 3.55. The predicted molar refractivity (Wildman–Crippen MR) is 130 cm³/mol. The number of ether oxygens (including phenoxy) is 3. The van der Waals surface area contributed by atoms with E-state index in [4.69, 9.17) is 14.2 Å². The van der Waals surface area contributed by atoms with Crippen molar-refractivity contribution in [3.8, 4) is 11.5 Å². The third kappa shape index (κ3) is 6.05. The highest BCUT2D eigenvalue weighted by molar-refractivity contribution is 5.93. The third-order valence-electron chi connectivity index (χ3n) is 5.76. The van der Waals surface area contributed by atoms with Gasteiger partial charge < -0.3 is 19.1 Å². The zero-order valence-electron chi connectivity index (χ0n) is 19.6. The van der Waals surface area contributed by atoms with Crippen molar-refractivity contribution in [3.05, 3.63) is 90.3 Å². The van der Waals surface area contributed by atoms with Gasteiger partial charge in [-0.2, -0.15) is 5.10 Å². The van der Waals surface area contributed by atoms with Gasteiger partial charge in [0.25, 0.3) is 5.91 Å². The molecule has 0 spiro atoms. The van der Waals surface area contributed by atoms with Gasteiger partial charge in [0.2, 0.25) is 0 Å². The molecule has 0 radical (unpaired) electrons. The molecule has 4 rings (SSSR count). The van der Waals surface area contributed by atoms with Crippen molar-refractivity contribution in [2.24, 2.45) is 0 Å². The van der Waals surface area contributed by atoms with E-state index >= 15 is 0 Å². The van der Waals surface area contributed by atoms with E-state index in [1.54, 1.807) is 24.1 Å².